The van der Waals surface area contributed by atoms with Crippen molar-refractivity contribution in [3.05, 3.63) is 29.5 Å². The van der Waals surface area contributed by atoms with Gasteiger partial charge in [0.1, 0.15) is 0 Å². The van der Waals surface area contributed by atoms with Crippen LogP contribution < -0.4 is 5.73 Å². The first-order chi connectivity index (χ1) is 6.81. The predicted octanol–water partition coefficient (Wildman–Crippen LogP) is 2.03. The standard InChI is InChI=1S/C11H14N2O/c1-8-4-5-11-9(7-8)10(13-14-11)3-2-6-12/h4-5,7H,2-3,6,12H2,1H3. The largest absolute Gasteiger partial charge is 0.356 e. The third kappa shape index (κ3) is 1.63. The first-order valence-corrected chi connectivity index (χ1v) is 4.86. The zero-order valence-electron chi connectivity index (χ0n) is 8.29. The van der Waals surface area contributed by atoms with Gasteiger partial charge in [-0.25, -0.2) is 0 Å². The summed E-state index contributed by atoms with van der Waals surface area (Å²) < 4.78 is 5.21. The second kappa shape index (κ2) is 3.80. The first-order valence-electron chi connectivity index (χ1n) is 4.86. The fourth-order valence-electron chi connectivity index (χ4n) is 1.55. The lowest BCUT2D eigenvalue weighted by Crippen LogP contribution is -2.00. The molecule has 0 unspecified atom stereocenters. The fourth-order valence-corrected chi connectivity index (χ4v) is 1.55. The lowest BCUT2D eigenvalue weighted by molar-refractivity contribution is 0.445. The molecule has 3 nitrogen and oxygen atoms in total. The molecule has 74 valence electrons. The van der Waals surface area contributed by atoms with E-state index in [4.69, 9.17) is 10.3 Å². The summed E-state index contributed by atoms with van der Waals surface area (Å²) in [5.74, 6) is 0. The van der Waals surface area contributed by atoms with Crippen molar-refractivity contribution in [2.24, 2.45) is 5.73 Å². The van der Waals surface area contributed by atoms with Crippen LogP contribution in [0.4, 0.5) is 0 Å². The van der Waals surface area contributed by atoms with Crippen LogP contribution in [0.3, 0.4) is 0 Å². The second-order valence-electron chi connectivity index (χ2n) is 3.52. The van der Waals surface area contributed by atoms with Gasteiger partial charge in [-0.2, -0.15) is 0 Å². The summed E-state index contributed by atoms with van der Waals surface area (Å²) >= 11 is 0. The van der Waals surface area contributed by atoms with Gasteiger partial charge in [-0.15, -0.1) is 0 Å². The van der Waals surface area contributed by atoms with Crippen molar-refractivity contribution in [1.29, 1.82) is 0 Å². The molecule has 0 bridgehead atoms. The highest BCUT2D eigenvalue weighted by atomic mass is 16.5. The first kappa shape index (κ1) is 9.21. The van der Waals surface area contributed by atoms with E-state index in [0.29, 0.717) is 6.54 Å². The van der Waals surface area contributed by atoms with Crippen LogP contribution in [0, 0.1) is 6.92 Å². The van der Waals surface area contributed by atoms with Gasteiger partial charge in [0.05, 0.1) is 5.69 Å². The lowest BCUT2D eigenvalue weighted by atomic mass is 10.1. The Kier molecular flexibility index (Phi) is 2.50. The Morgan fingerprint density at radius 3 is 3.07 bits per heavy atom. The van der Waals surface area contributed by atoms with Gasteiger partial charge in [0.15, 0.2) is 5.58 Å². The van der Waals surface area contributed by atoms with Crippen molar-refractivity contribution in [3.8, 4) is 0 Å². The molecule has 3 heteroatoms. The molecule has 1 aromatic carbocycles. The highest BCUT2D eigenvalue weighted by molar-refractivity contribution is 5.80. The smallest absolute Gasteiger partial charge is 0.167 e. The summed E-state index contributed by atoms with van der Waals surface area (Å²) in [5, 5.41) is 5.17. The van der Waals surface area contributed by atoms with Gasteiger partial charge in [0.2, 0.25) is 0 Å². The number of nitrogens with zero attached hydrogens (tertiary/aromatic N) is 1. The van der Waals surface area contributed by atoms with Gasteiger partial charge in [-0.1, -0.05) is 16.8 Å². The van der Waals surface area contributed by atoms with Crippen LogP contribution in [0.15, 0.2) is 22.7 Å². The minimum atomic E-state index is 0.695. The van der Waals surface area contributed by atoms with Crippen LogP contribution in [0.25, 0.3) is 11.0 Å². The maximum absolute atomic E-state index is 5.46. The third-order valence-electron chi connectivity index (χ3n) is 2.32. The van der Waals surface area contributed by atoms with Crippen LogP contribution in [-0.2, 0) is 6.42 Å². The number of fused-ring (bicyclic) bond motifs is 1. The Morgan fingerprint density at radius 1 is 1.43 bits per heavy atom. The minimum absolute atomic E-state index is 0.695. The summed E-state index contributed by atoms with van der Waals surface area (Å²) in [6, 6.07) is 6.10. The molecule has 0 spiro atoms. The zero-order valence-corrected chi connectivity index (χ0v) is 8.29. The van der Waals surface area contributed by atoms with Crippen LogP contribution >= 0.6 is 0 Å². The van der Waals surface area contributed by atoms with Crippen molar-refractivity contribution >= 4 is 11.0 Å². The van der Waals surface area contributed by atoms with Crippen molar-refractivity contribution in [2.75, 3.05) is 6.54 Å². The van der Waals surface area contributed by atoms with E-state index in [2.05, 4.69) is 18.1 Å². The molecule has 0 aliphatic carbocycles. The highest BCUT2D eigenvalue weighted by Crippen LogP contribution is 2.20. The molecule has 2 rings (SSSR count). The van der Waals surface area contributed by atoms with Crippen molar-refractivity contribution < 1.29 is 4.52 Å². The highest BCUT2D eigenvalue weighted by Gasteiger charge is 2.06. The molecule has 0 amide bonds. The number of aryl methyl sites for hydroxylation is 2. The number of aromatic nitrogens is 1. The summed E-state index contributed by atoms with van der Waals surface area (Å²) in [6.45, 7) is 2.76. The summed E-state index contributed by atoms with van der Waals surface area (Å²) in [5.41, 5.74) is 8.58. The van der Waals surface area contributed by atoms with E-state index in [0.717, 1.165) is 29.5 Å². The van der Waals surface area contributed by atoms with E-state index in [-0.39, 0.29) is 0 Å². The second-order valence-corrected chi connectivity index (χ2v) is 3.52. The number of rotatable bonds is 3. The molecule has 0 aliphatic rings. The monoisotopic (exact) mass is 190 g/mol. The van der Waals surface area contributed by atoms with Crippen molar-refractivity contribution in [2.45, 2.75) is 19.8 Å². The number of nitrogens with two attached hydrogens (primary N) is 1. The fraction of sp³-hybridized carbons (Fsp3) is 0.364. The van der Waals surface area contributed by atoms with E-state index < -0.39 is 0 Å². The molecular formula is C11H14N2O. The average molecular weight is 190 g/mol. The van der Waals surface area contributed by atoms with E-state index in [1.54, 1.807) is 0 Å². The lowest BCUT2D eigenvalue weighted by Gasteiger charge is -1.94. The molecule has 0 aliphatic heterocycles. The van der Waals surface area contributed by atoms with Gasteiger partial charge in [-0.05, 0) is 38.4 Å². The molecule has 0 atom stereocenters. The number of benzene rings is 1. The quantitative estimate of drug-likeness (QED) is 0.805. The molecule has 1 heterocycles. The number of hydrogen-bond acceptors (Lipinski definition) is 3. The Morgan fingerprint density at radius 2 is 2.29 bits per heavy atom. The molecule has 2 aromatic rings. The maximum Gasteiger partial charge on any atom is 0.167 e. The van der Waals surface area contributed by atoms with Gasteiger partial charge in [-0.3, -0.25) is 0 Å². The normalized spacial score (nSPS) is 11.0. The minimum Gasteiger partial charge on any atom is -0.356 e. The molecule has 0 radical (unpaired) electrons. The van der Waals surface area contributed by atoms with Crippen molar-refractivity contribution in [3.63, 3.8) is 0 Å². The molecule has 0 saturated heterocycles. The SMILES string of the molecule is Cc1ccc2onc(CCCN)c2c1. The topological polar surface area (TPSA) is 52.0 Å². The Hall–Kier alpha value is -1.35. The summed E-state index contributed by atoms with van der Waals surface area (Å²) in [6.07, 6.45) is 1.85. The zero-order chi connectivity index (χ0) is 9.97. The summed E-state index contributed by atoms with van der Waals surface area (Å²) in [4.78, 5) is 0. The Bertz CT molecular complexity index is 434. The van der Waals surface area contributed by atoms with Crippen LogP contribution in [-0.4, -0.2) is 11.7 Å². The molecule has 1 aromatic heterocycles. The van der Waals surface area contributed by atoms with E-state index >= 15 is 0 Å². The molecule has 0 saturated carbocycles. The van der Waals surface area contributed by atoms with E-state index in [9.17, 15) is 0 Å². The molecule has 0 fully saturated rings. The van der Waals surface area contributed by atoms with Crippen LogP contribution in [0.1, 0.15) is 17.7 Å². The molecular weight excluding hydrogens is 176 g/mol. The van der Waals surface area contributed by atoms with Gasteiger partial charge in [0.25, 0.3) is 0 Å². The molecule has 14 heavy (non-hydrogen) atoms. The van der Waals surface area contributed by atoms with Crippen LogP contribution in [0.2, 0.25) is 0 Å². The molecule has 2 N–H and O–H groups in total. The summed E-state index contributed by atoms with van der Waals surface area (Å²) in [7, 11) is 0. The van der Waals surface area contributed by atoms with Gasteiger partial charge < -0.3 is 10.3 Å². The van der Waals surface area contributed by atoms with Crippen LogP contribution in [0.5, 0.6) is 0 Å². The predicted molar refractivity (Wildman–Crippen MR) is 56.1 cm³/mol. The average Bonchev–Trinajstić information content (AvgIpc) is 2.57. The van der Waals surface area contributed by atoms with E-state index in [1.807, 2.05) is 12.1 Å². The number of hydrogen-bond donors (Lipinski definition) is 1. The Balaban J connectivity index is 2.40. The maximum atomic E-state index is 5.46. The van der Waals surface area contributed by atoms with Gasteiger partial charge in [0, 0.05) is 5.39 Å². The van der Waals surface area contributed by atoms with E-state index in [1.165, 1.54) is 5.56 Å². The van der Waals surface area contributed by atoms with Crippen molar-refractivity contribution in [1.82, 2.24) is 5.16 Å². The third-order valence-corrected chi connectivity index (χ3v) is 2.32. The Labute approximate surface area is 82.9 Å². The van der Waals surface area contributed by atoms with Gasteiger partial charge >= 0.3 is 0 Å².